The molecule has 0 bridgehead atoms. The van der Waals surface area contributed by atoms with Gasteiger partial charge in [-0.05, 0) is 6.42 Å². The van der Waals surface area contributed by atoms with Crippen LogP contribution in [0.2, 0.25) is 0 Å². The van der Waals surface area contributed by atoms with Crippen molar-refractivity contribution < 1.29 is 13.2 Å². The minimum atomic E-state index is -3.08. The molecular weight excluding hydrogens is 228 g/mol. The Morgan fingerprint density at radius 3 is 2.56 bits per heavy atom. The van der Waals surface area contributed by atoms with Crippen molar-refractivity contribution in [2.24, 2.45) is 0 Å². The van der Waals surface area contributed by atoms with E-state index in [9.17, 15) is 8.42 Å². The Morgan fingerprint density at radius 2 is 2.06 bits per heavy atom. The van der Waals surface area contributed by atoms with Gasteiger partial charge in [0.25, 0.3) is 0 Å². The topological polar surface area (TPSA) is 58.6 Å². The van der Waals surface area contributed by atoms with E-state index < -0.39 is 10.0 Å². The molecule has 0 amide bonds. The van der Waals surface area contributed by atoms with Gasteiger partial charge < -0.3 is 10.1 Å². The number of rotatable bonds is 7. The third-order valence-corrected chi connectivity index (χ3v) is 4.84. The second-order valence-corrected chi connectivity index (χ2v) is 6.00. The average Bonchev–Trinajstić information content (AvgIpc) is 2.71. The van der Waals surface area contributed by atoms with Gasteiger partial charge in [-0.3, -0.25) is 0 Å². The van der Waals surface area contributed by atoms with Gasteiger partial charge in [0.05, 0.1) is 12.4 Å². The highest BCUT2D eigenvalue weighted by Gasteiger charge is 2.20. The Bertz CT molecular complexity index is 282. The third-order valence-electron chi connectivity index (χ3n) is 2.82. The quantitative estimate of drug-likeness (QED) is 0.693. The Hall–Kier alpha value is -0.170. The van der Waals surface area contributed by atoms with E-state index in [0.29, 0.717) is 32.3 Å². The van der Waals surface area contributed by atoms with Gasteiger partial charge >= 0.3 is 0 Å². The van der Waals surface area contributed by atoms with E-state index in [1.807, 2.05) is 13.8 Å². The second kappa shape index (κ2) is 6.54. The molecule has 1 fully saturated rings. The molecule has 16 heavy (non-hydrogen) atoms. The van der Waals surface area contributed by atoms with Crippen LogP contribution in [-0.4, -0.2) is 57.4 Å². The maximum atomic E-state index is 11.8. The van der Waals surface area contributed by atoms with Crippen LogP contribution in [0.5, 0.6) is 0 Å². The molecule has 5 nitrogen and oxygen atoms in total. The first-order valence-corrected chi connectivity index (χ1v) is 7.50. The van der Waals surface area contributed by atoms with Gasteiger partial charge in [-0.15, -0.1) is 0 Å². The lowest BCUT2D eigenvalue weighted by Crippen LogP contribution is -2.39. The summed E-state index contributed by atoms with van der Waals surface area (Å²) in [5.41, 5.74) is 0. The predicted molar refractivity (Wildman–Crippen MR) is 63.9 cm³/mol. The van der Waals surface area contributed by atoms with Crippen LogP contribution in [0.25, 0.3) is 0 Å². The van der Waals surface area contributed by atoms with Gasteiger partial charge in [0, 0.05) is 32.3 Å². The summed E-state index contributed by atoms with van der Waals surface area (Å²) in [7, 11) is -3.08. The molecule has 0 saturated carbocycles. The summed E-state index contributed by atoms with van der Waals surface area (Å²) in [4.78, 5) is 0. The molecule has 1 heterocycles. The van der Waals surface area contributed by atoms with E-state index in [1.165, 1.54) is 4.31 Å². The molecule has 1 rings (SSSR count). The van der Waals surface area contributed by atoms with Gasteiger partial charge in [0.2, 0.25) is 10.0 Å². The summed E-state index contributed by atoms with van der Waals surface area (Å²) in [6.45, 7) is 6.80. The molecular formula is C10H22N2O3S. The minimum absolute atomic E-state index is 0.172. The van der Waals surface area contributed by atoms with Crippen molar-refractivity contribution in [3.05, 3.63) is 0 Å². The lowest BCUT2D eigenvalue weighted by molar-refractivity contribution is 0.190. The van der Waals surface area contributed by atoms with Gasteiger partial charge in [-0.2, -0.15) is 0 Å². The first-order valence-electron chi connectivity index (χ1n) is 5.89. The first-order chi connectivity index (χ1) is 7.60. The summed E-state index contributed by atoms with van der Waals surface area (Å²) in [5, 5.41) is 3.21. The number of nitrogens with zero attached hydrogens (tertiary/aromatic N) is 1. The SMILES string of the molecule is CCN(CC)S(=O)(=O)CCNC1CCOC1. The fourth-order valence-electron chi connectivity index (χ4n) is 1.83. The lowest BCUT2D eigenvalue weighted by Gasteiger charge is -2.19. The number of ether oxygens (including phenoxy) is 1. The molecule has 96 valence electrons. The van der Waals surface area contributed by atoms with E-state index in [4.69, 9.17) is 4.74 Å². The van der Waals surface area contributed by atoms with Crippen LogP contribution in [0, 0.1) is 0 Å². The van der Waals surface area contributed by atoms with E-state index in [-0.39, 0.29) is 5.75 Å². The molecule has 1 aliphatic rings. The summed E-state index contributed by atoms with van der Waals surface area (Å²) >= 11 is 0. The standard InChI is InChI=1S/C10H22N2O3S/c1-3-12(4-2)16(13,14)8-6-11-10-5-7-15-9-10/h10-11H,3-9H2,1-2H3. The number of sulfonamides is 1. The van der Waals surface area contributed by atoms with Crippen molar-refractivity contribution in [3.8, 4) is 0 Å². The van der Waals surface area contributed by atoms with Gasteiger partial charge in [0.15, 0.2) is 0 Å². The molecule has 0 aliphatic carbocycles. The van der Waals surface area contributed by atoms with Gasteiger partial charge in [-0.25, -0.2) is 12.7 Å². The molecule has 1 unspecified atom stereocenters. The summed E-state index contributed by atoms with van der Waals surface area (Å²) < 4.78 is 30.3. The van der Waals surface area contributed by atoms with Crippen LogP contribution in [0.1, 0.15) is 20.3 Å². The molecule has 0 spiro atoms. The third kappa shape index (κ3) is 4.01. The zero-order chi connectivity index (χ0) is 12.0. The molecule has 1 atom stereocenters. The largest absolute Gasteiger partial charge is 0.380 e. The van der Waals surface area contributed by atoms with Crippen molar-refractivity contribution in [3.63, 3.8) is 0 Å². The first kappa shape index (κ1) is 13.9. The minimum Gasteiger partial charge on any atom is -0.380 e. The molecule has 0 radical (unpaired) electrons. The van der Waals surface area contributed by atoms with Crippen LogP contribution in [0.3, 0.4) is 0 Å². The molecule has 6 heteroatoms. The van der Waals surface area contributed by atoms with E-state index in [0.717, 1.165) is 13.0 Å². The van der Waals surface area contributed by atoms with E-state index in [2.05, 4.69) is 5.32 Å². The van der Waals surface area contributed by atoms with Crippen LogP contribution in [-0.2, 0) is 14.8 Å². The molecule has 1 N–H and O–H groups in total. The maximum Gasteiger partial charge on any atom is 0.215 e. The summed E-state index contributed by atoms with van der Waals surface area (Å²) in [5.74, 6) is 0.172. The Labute approximate surface area is 98.2 Å². The number of hydrogen-bond donors (Lipinski definition) is 1. The predicted octanol–water partition coefficient (Wildman–Crippen LogP) is 0.0365. The van der Waals surface area contributed by atoms with E-state index >= 15 is 0 Å². The van der Waals surface area contributed by atoms with Crippen LogP contribution in [0.4, 0.5) is 0 Å². The Balaban J connectivity index is 2.29. The fraction of sp³-hybridized carbons (Fsp3) is 1.00. The van der Waals surface area contributed by atoms with E-state index in [1.54, 1.807) is 0 Å². The molecule has 1 saturated heterocycles. The van der Waals surface area contributed by atoms with Crippen molar-refractivity contribution in [1.29, 1.82) is 0 Å². The van der Waals surface area contributed by atoms with Gasteiger partial charge in [-0.1, -0.05) is 13.8 Å². The van der Waals surface area contributed by atoms with Gasteiger partial charge in [0.1, 0.15) is 0 Å². The summed E-state index contributed by atoms with van der Waals surface area (Å²) in [6, 6.07) is 0.326. The zero-order valence-corrected chi connectivity index (χ0v) is 10.9. The van der Waals surface area contributed by atoms with Crippen molar-refractivity contribution >= 4 is 10.0 Å². The van der Waals surface area contributed by atoms with Crippen LogP contribution < -0.4 is 5.32 Å². The molecule has 0 aromatic rings. The van der Waals surface area contributed by atoms with Crippen molar-refractivity contribution in [2.75, 3.05) is 38.6 Å². The molecule has 1 aliphatic heterocycles. The average molecular weight is 250 g/mol. The highest BCUT2D eigenvalue weighted by Crippen LogP contribution is 2.04. The normalized spacial score (nSPS) is 21.8. The smallest absolute Gasteiger partial charge is 0.215 e. The second-order valence-electron chi connectivity index (χ2n) is 3.91. The number of nitrogens with one attached hydrogen (secondary N) is 1. The highest BCUT2D eigenvalue weighted by molar-refractivity contribution is 7.89. The Morgan fingerprint density at radius 1 is 1.38 bits per heavy atom. The summed E-state index contributed by atoms with van der Waals surface area (Å²) in [6.07, 6.45) is 0.977. The van der Waals surface area contributed by atoms with Crippen LogP contribution >= 0.6 is 0 Å². The van der Waals surface area contributed by atoms with Crippen molar-refractivity contribution in [2.45, 2.75) is 26.3 Å². The zero-order valence-electron chi connectivity index (χ0n) is 10.1. The van der Waals surface area contributed by atoms with Crippen LogP contribution in [0.15, 0.2) is 0 Å². The monoisotopic (exact) mass is 250 g/mol. The fourth-order valence-corrected chi connectivity index (χ4v) is 3.25. The number of hydrogen-bond acceptors (Lipinski definition) is 4. The Kier molecular flexibility index (Phi) is 5.68. The van der Waals surface area contributed by atoms with Crippen molar-refractivity contribution in [1.82, 2.24) is 9.62 Å². The maximum absolute atomic E-state index is 11.8. The lowest BCUT2D eigenvalue weighted by atomic mass is 10.3. The molecule has 0 aromatic carbocycles. The molecule has 0 aromatic heterocycles. The highest BCUT2D eigenvalue weighted by atomic mass is 32.2.